The minimum Gasteiger partial charge on any atom is -0.311 e. The molecular formula is C13H18ClNO2S. The van der Waals surface area contributed by atoms with E-state index in [1.54, 1.807) is 24.3 Å². The Hall–Kier alpha value is -0.580. The molecule has 3 atom stereocenters. The zero-order chi connectivity index (χ0) is 11.9. The van der Waals surface area contributed by atoms with E-state index in [-0.39, 0.29) is 17.7 Å². The van der Waals surface area contributed by atoms with E-state index >= 15 is 0 Å². The van der Waals surface area contributed by atoms with Crippen LogP contribution in [0.5, 0.6) is 0 Å². The highest BCUT2D eigenvalue weighted by Crippen LogP contribution is 2.33. The van der Waals surface area contributed by atoms with Gasteiger partial charge in [0.15, 0.2) is 9.84 Å². The Morgan fingerprint density at radius 2 is 1.56 bits per heavy atom. The first-order chi connectivity index (χ1) is 8.16. The van der Waals surface area contributed by atoms with E-state index in [4.69, 9.17) is 0 Å². The molecule has 2 fully saturated rings. The predicted octanol–water partition coefficient (Wildman–Crippen LogP) is 2.17. The molecule has 3 nitrogen and oxygen atoms in total. The summed E-state index contributed by atoms with van der Waals surface area (Å²) in [5.74, 6) is 0. The first kappa shape index (κ1) is 13.8. The van der Waals surface area contributed by atoms with E-state index in [2.05, 4.69) is 5.32 Å². The van der Waals surface area contributed by atoms with E-state index in [0.29, 0.717) is 17.0 Å². The summed E-state index contributed by atoms with van der Waals surface area (Å²) in [6, 6.07) is 9.68. The van der Waals surface area contributed by atoms with Crippen LogP contribution < -0.4 is 5.32 Å². The Bertz CT molecular complexity index is 491. The maximum absolute atomic E-state index is 12.5. The number of sulfone groups is 1. The maximum atomic E-state index is 12.5. The molecule has 18 heavy (non-hydrogen) atoms. The first-order valence-corrected chi connectivity index (χ1v) is 7.76. The fourth-order valence-electron chi connectivity index (χ4n) is 3.06. The lowest BCUT2D eigenvalue weighted by Gasteiger charge is -2.28. The van der Waals surface area contributed by atoms with Crippen molar-refractivity contribution in [3.63, 3.8) is 0 Å². The van der Waals surface area contributed by atoms with Crippen molar-refractivity contribution in [1.29, 1.82) is 0 Å². The molecule has 0 aliphatic carbocycles. The van der Waals surface area contributed by atoms with Gasteiger partial charge in [-0.2, -0.15) is 0 Å². The number of hydrogen-bond acceptors (Lipinski definition) is 3. The lowest BCUT2D eigenvalue weighted by atomic mass is 10.1. The third kappa shape index (κ3) is 2.42. The minimum atomic E-state index is -3.13. The number of nitrogens with one attached hydrogen (secondary N) is 1. The highest BCUT2D eigenvalue weighted by Gasteiger charge is 2.39. The van der Waals surface area contributed by atoms with Gasteiger partial charge in [0.25, 0.3) is 0 Å². The molecule has 2 aliphatic rings. The summed E-state index contributed by atoms with van der Waals surface area (Å²) in [7, 11) is -3.13. The van der Waals surface area contributed by atoms with Crippen LogP contribution in [0.15, 0.2) is 35.2 Å². The molecule has 1 aromatic rings. The lowest BCUT2D eigenvalue weighted by Crippen LogP contribution is -2.43. The Morgan fingerprint density at radius 1 is 1.00 bits per heavy atom. The van der Waals surface area contributed by atoms with Gasteiger partial charge in [-0.3, -0.25) is 0 Å². The number of halogens is 1. The molecule has 0 amide bonds. The van der Waals surface area contributed by atoms with E-state index in [0.717, 1.165) is 25.7 Å². The topological polar surface area (TPSA) is 46.2 Å². The molecule has 100 valence electrons. The van der Waals surface area contributed by atoms with E-state index in [9.17, 15) is 8.42 Å². The second kappa shape index (κ2) is 5.19. The molecule has 1 unspecified atom stereocenters. The standard InChI is InChI=1S/C13H17NO2S.ClH/c15-17(16,12-4-2-1-3-5-12)13-8-10-6-7-11(9-13)14-10;/h1-5,10-11,13-14H,6-9H2;1H/t10-,11+,13?;. The molecule has 1 aromatic carbocycles. The lowest BCUT2D eigenvalue weighted by molar-refractivity contribution is 0.401. The van der Waals surface area contributed by atoms with Crippen molar-refractivity contribution in [2.24, 2.45) is 0 Å². The third-order valence-electron chi connectivity index (χ3n) is 3.94. The van der Waals surface area contributed by atoms with E-state index in [1.807, 2.05) is 6.07 Å². The summed E-state index contributed by atoms with van der Waals surface area (Å²) in [5.41, 5.74) is 0. The SMILES string of the molecule is Cl.O=S(=O)(c1ccccc1)C1C[C@H]2CC[C@@H](C1)N2. The van der Waals surface area contributed by atoms with E-state index < -0.39 is 9.84 Å². The van der Waals surface area contributed by atoms with Crippen molar-refractivity contribution in [1.82, 2.24) is 5.32 Å². The van der Waals surface area contributed by atoms with Gasteiger partial charge in [0.05, 0.1) is 10.1 Å². The average Bonchev–Trinajstić information content (AvgIpc) is 2.69. The number of rotatable bonds is 2. The van der Waals surface area contributed by atoms with Gasteiger partial charge in [-0.1, -0.05) is 18.2 Å². The molecule has 3 rings (SSSR count). The van der Waals surface area contributed by atoms with Crippen LogP contribution >= 0.6 is 12.4 Å². The Balaban J connectivity index is 0.00000120. The van der Waals surface area contributed by atoms with Crippen LogP contribution in [-0.2, 0) is 9.84 Å². The molecular weight excluding hydrogens is 270 g/mol. The number of hydrogen-bond donors (Lipinski definition) is 1. The zero-order valence-electron chi connectivity index (χ0n) is 10.1. The van der Waals surface area contributed by atoms with Gasteiger partial charge in [-0.15, -0.1) is 12.4 Å². The van der Waals surface area contributed by atoms with Crippen LogP contribution in [0.2, 0.25) is 0 Å². The Kier molecular flexibility index (Phi) is 3.99. The summed E-state index contributed by atoms with van der Waals surface area (Å²) < 4.78 is 25.0. The summed E-state index contributed by atoms with van der Waals surface area (Å²) in [6.07, 6.45) is 3.80. The van der Waals surface area contributed by atoms with Gasteiger partial charge >= 0.3 is 0 Å². The number of benzene rings is 1. The van der Waals surface area contributed by atoms with Gasteiger partial charge in [-0.25, -0.2) is 8.42 Å². The summed E-state index contributed by atoms with van der Waals surface area (Å²) in [4.78, 5) is 0.478. The van der Waals surface area contributed by atoms with Crippen LogP contribution in [0.25, 0.3) is 0 Å². The molecule has 2 saturated heterocycles. The quantitative estimate of drug-likeness (QED) is 0.907. The van der Waals surface area contributed by atoms with Gasteiger partial charge in [0.1, 0.15) is 0 Å². The normalized spacial score (nSPS) is 30.8. The monoisotopic (exact) mass is 287 g/mol. The smallest absolute Gasteiger partial charge is 0.181 e. The molecule has 0 aromatic heterocycles. The van der Waals surface area contributed by atoms with Gasteiger partial charge in [0, 0.05) is 12.1 Å². The average molecular weight is 288 g/mol. The molecule has 0 saturated carbocycles. The second-order valence-electron chi connectivity index (χ2n) is 5.09. The van der Waals surface area contributed by atoms with Crippen LogP contribution in [0, 0.1) is 0 Å². The Morgan fingerprint density at radius 3 is 2.11 bits per heavy atom. The summed E-state index contributed by atoms with van der Waals surface area (Å²) >= 11 is 0. The van der Waals surface area contributed by atoms with E-state index in [1.165, 1.54) is 0 Å². The number of piperidine rings is 1. The summed E-state index contributed by atoms with van der Waals surface area (Å²) in [5, 5.41) is 3.29. The Labute approximate surface area is 114 Å². The third-order valence-corrected chi connectivity index (χ3v) is 6.13. The fraction of sp³-hybridized carbons (Fsp3) is 0.538. The van der Waals surface area contributed by atoms with Crippen molar-refractivity contribution in [3.05, 3.63) is 30.3 Å². The van der Waals surface area contributed by atoms with Crippen LogP contribution in [0.1, 0.15) is 25.7 Å². The first-order valence-electron chi connectivity index (χ1n) is 6.21. The molecule has 0 spiro atoms. The minimum absolute atomic E-state index is 0. The molecule has 5 heteroatoms. The predicted molar refractivity (Wildman–Crippen MR) is 73.8 cm³/mol. The number of fused-ring (bicyclic) bond motifs is 2. The van der Waals surface area contributed by atoms with Crippen molar-refractivity contribution in [3.8, 4) is 0 Å². The van der Waals surface area contributed by atoms with Crippen molar-refractivity contribution in [2.45, 2.75) is 47.9 Å². The van der Waals surface area contributed by atoms with Gasteiger partial charge in [0.2, 0.25) is 0 Å². The maximum Gasteiger partial charge on any atom is 0.181 e. The van der Waals surface area contributed by atoms with Crippen LogP contribution in [0.3, 0.4) is 0 Å². The van der Waals surface area contributed by atoms with Gasteiger partial charge < -0.3 is 5.32 Å². The molecule has 1 N–H and O–H groups in total. The van der Waals surface area contributed by atoms with Crippen LogP contribution in [0.4, 0.5) is 0 Å². The van der Waals surface area contributed by atoms with Crippen molar-refractivity contribution in [2.75, 3.05) is 0 Å². The highest BCUT2D eigenvalue weighted by atomic mass is 35.5. The molecule has 2 aliphatic heterocycles. The largest absolute Gasteiger partial charge is 0.311 e. The molecule has 2 bridgehead atoms. The molecule has 0 radical (unpaired) electrons. The highest BCUT2D eigenvalue weighted by molar-refractivity contribution is 7.92. The fourth-order valence-corrected chi connectivity index (χ4v) is 4.95. The van der Waals surface area contributed by atoms with Crippen molar-refractivity contribution >= 4 is 22.2 Å². The second-order valence-corrected chi connectivity index (χ2v) is 7.32. The van der Waals surface area contributed by atoms with Crippen LogP contribution in [-0.4, -0.2) is 25.8 Å². The summed E-state index contributed by atoms with van der Waals surface area (Å²) in [6.45, 7) is 0. The molecule has 2 heterocycles. The van der Waals surface area contributed by atoms with Crippen molar-refractivity contribution < 1.29 is 8.42 Å². The zero-order valence-corrected chi connectivity index (χ0v) is 11.7. The van der Waals surface area contributed by atoms with Gasteiger partial charge in [-0.05, 0) is 37.8 Å².